The summed E-state index contributed by atoms with van der Waals surface area (Å²) in [6, 6.07) is 22.1. The average Bonchev–Trinajstić information content (AvgIpc) is 2.97. The SMILES string of the molecule is C/C(=C\CC(C)(C)C(C)(C)C(CC(C)(C)CCCO)c1ccccc1)CC(C)(C)C(C)(C)CC(c1ccccc1)C(C)(C)CCO. The highest BCUT2D eigenvalue weighted by molar-refractivity contribution is 5.25. The third-order valence-corrected chi connectivity index (χ3v) is 12.7. The first-order chi connectivity index (χ1) is 21.1. The van der Waals surface area contributed by atoms with Crippen LogP contribution in [0.1, 0.15) is 158 Å². The minimum absolute atomic E-state index is 0.00585. The second-order valence-electron chi connectivity index (χ2n) is 18.6. The third-order valence-electron chi connectivity index (χ3n) is 12.7. The van der Waals surface area contributed by atoms with E-state index in [1.54, 1.807) is 0 Å². The molecule has 0 aliphatic heterocycles. The molecule has 260 valence electrons. The first-order valence-corrected chi connectivity index (χ1v) is 18.1. The summed E-state index contributed by atoms with van der Waals surface area (Å²) in [5, 5.41) is 19.5. The zero-order chi connectivity index (χ0) is 35.0. The van der Waals surface area contributed by atoms with E-state index < -0.39 is 0 Å². The predicted molar refractivity (Wildman–Crippen MR) is 201 cm³/mol. The molecule has 2 atom stereocenters. The third kappa shape index (κ3) is 10.6. The van der Waals surface area contributed by atoms with E-state index in [4.69, 9.17) is 0 Å². The van der Waals surface area contributed by atoms with Crippen LogP contribution in [-0.4, -0.2) is 23.4 Å². The Hall–Kier alpha value is -1.90. The molecule has 2 heteroatoms. The van der Waals surface area contributed by atoms with E-state index in [9.17, 15) is 10.2 Å². The summed E-state index contributed by atoms with van der Waals surface area (Å²) in [6.07, 6.45) is 9.53. The van der Waals surface area contributed by atoms with Gasteiger partial charge in [0.15, 0.2) is 0 Å². The Labute approximate surface area is 285 Å². The molecule has 2 nitrogen and oxygen atoms in total. The maximum absolute atomic E-state index is 9.93. The number of allylic oxidation sites excluding steroid dienone is 2. The van der Waals surface area contributed by atoms with E-state index in [0.29, 0.717) is 11.8 Å². The van der Waals surface area contributed by atoms with Crippen LogP contribution in [-0.2, 0) is 0 Å². The average molecular weight is 633 g/mol. The minimum Gasteiger partial charge on any atom is -0.396 e. The summed E-state index contributed by atoms with van der Waals surface area (Å²) < 4.78 is 0. The van der Waals surface area contributed by atoms with Crippen molar-refractivity contribution in [2.75, 3.05) is 13.2 Å². The Morgan fingerprint density at radius 3 is 1.59 bits per heavy atom. The van der Waals surface area contributed by atoms with Crippen LogP contribution in [0.3, 0.4) is 0 Å². The monoisotopic (exact) mass is 633 g/mol. The fourth-order valence-electron chi connectivity index (χ4n) is 7.64. The van der Waals surface area contributed by atoms with Gasteiger partial charge in [0.05, 0.1) is 0 Å². The van der Waals surface area contributed by atoms with Gasteiger partial charge in [-0.2, -0.15) is 0 Å². The van der Waals surface area contributed by atoms with Crippen molar-refractivity contribution in [3.8, 4) is 0 Å². The Morgan fingerprint density at radius 1 is 0.609 bits per heavy atom. The van der Waals surface area contributed by atoms with Crippen LogP contribution >= 0.6 is 0 Å². The summed E-state index contributed by atoms with van der Waals surface area (Å²) in [7, 11) is 0. The molecule has 2 N–H and O–H groups in total. The standard InChI is InChI=1S/C44H72O2/c1-34(31-42(8,9)43(10,11)33-37(40(4,5)28-30-46)35-21-16-14-17-22-35)25-27-41(6,7)44(12,13)38(36-23-18-15-19-24-36)32-39(2,3)26-20-29-45/h14-19,21-25,37-38,45-46H,20,26-33H2,1-13H3/b34-25+. The Kier molecular flexibility index (Phi) is 14.0. The number of hydrogen-bond donors (Lipinski definition) is 2. The fraction of sp³-hybridized carbons (Fsp3) is 0.682. The van der Waals surface area contributed by atoms with Crippen LogP contribution in [0, 0.1) is 32.5 Å². The van der Waals surface area contributed by atoms with E-state index in [1.165, 1.54) is 16.7 Å². The van der Waals surface area contributed by atoms with Crippen molar-refractivity contribution in [3.05, 3.63) is 83.4 Å². The van der Waals surface area contributed by atoms with E-state index in [2.05, 4.69) is 157 Å². The molecule has 46 heavy (non-hydrogen) atoms. The quantitative estimate of drug-likeness (QED) is 0.151. The molecule has 0 aliphatic carbocycles. The molecule has 2 unspecified atom stereocenters. The van der Waals surface area contributed by atoms with Crippen LogP contribution in [0.25, 0.3) is 0 Å². The van der Waals surface area contributed by atoms with Crippen LogP contribution in [0.2, 0.25) is 0 Å². The largest absolute Gasteiger partial charge is 0.396 e. The minimum atomic E-state index is 0.00585. The van der Waals surface area contributed by atoms with E-state index in [1.807, 2.05) is 0 Å². The second-order valence-corrected chi connectivity index (χ2v) is 18.6. The summed E-state index contributed by atoms with van der Waals surface area (Å²) in [6.45, 7) is 32.0. The molecule has 0 aromatic heterocycles. The molecule has 0 saturated heterocycles. The topological polar surface area (TPSA) is 40.5 Å². The lowest BCUT2D eigenvalue weighted by molar-refractivity contribution is 0.0517. The summed E-state index contributed by atoms with van der Waals surface area (Å²) in [5.74, 6) is 0.786. The molecule has 2 aromatic carbocycles. The van der Waals surface area contributed by atoms with E-state index in [0.717, 1.165) is 44.9 Å². The predicted octanol–water partition coefficient (Wildman–Crippen LogP) is 12.4. The van der Waals surface area contributed by atoms with Gasteiger partial charge in [0.25, 0.3) is 0 Å². The van der Waals surface area contributed by atoms with Crippen molar-refractivity contribution in [2.24, 2.45) is 32.5 Å². The first kappa shape index (κ1) is 40.3. The number of hydrogen-bond acceptors (Lipinski definition) is 2. The van der Waals surface area contributed by atoms with Gasteiger partial charge < -0.3 is 10.2 Å². The second kappa shape index (κ2) is 16.0. The normalized spacial score (nSPS) is 15.6. The van der Waals surface area contributed by atoms with Gasteiger partial charge in [0.2, 0.25) is 0 Å². The van der Waals surface area contributed by atoms with Crippen molar-refractivity contribution in [2.45, 2.75) is 147 Å². The lowest BCUT2D eigenvalue weighted by Gasteiger charge is -2.50. The summed E-state index contributed by atoms with van der Waals surface area (Å²) in [4.78, 5) is 0. The Bertz CT molecular complexity index is 1200. The molecular formula is C44H72O2. The van der Waals surface area contributed by atoms with Gasteiger partial charge in [-0.1, -0.05) is 155 Å². The molecule has 0 spiro atoms. The van der Waals surface area contributed by atoms with Crippen LogP contribution in [0.4, 0.5) is 0 Å². The fourth-order valence-corrected chi connectivity index (χ4v) is 7.64. The van der Waals surface area contributed by atoms with Gasteiger partial charge in [-0.05, 0) is 107 Å². The zero-order valence-corrected chi connectivity index (χ0v) is 32.3. The number of benzene rings is 2. The van der Waals surface area contributed by atoms with Gasteiger partial charge >= 0.3 is 0 Å². The van der Waals surface area contributed by atoms with Crippen molar-refractivity contribution in [1.82, 2.24) is 0 Å². The van der Waals surface area contributed by atoms with Crippen molar-refractivity contribution in [1.29, 1.82) is 0 Å². The number of aliphatic hydroxyl groups is 2. The van der Waals surface area contributed by atoms with Crippen molar-refractivity contribution in [3.63, 3.8) is 0 Å². The highest BCUT2D eigenvalue weighted by atomic mass is 16.3. The highest BCUT2D eigenvalue weighted by Gasteiger charge is 2.45. The van der Waals surface area contributed by atoms with Gasteiger partial charge in [0.1, 0.15) is 0 Å². The summed E-state index contributed by atoms with van der Waals surface area (Å²) in [5.41, 5.74) is 4.76. The van der Waals surface area contributed by atoms with Crippen LogP contribution in [0.5, 0.6) is 0 Å². The molecule has 0 bridgehead atoms. The molecule has 0 saturated carbocycles. The van der Waals surface area contributed by atoms with E-state index in [-0.39, 0.29) is 45.7 Å². The number of aliphatic hydroxyl groups excluding tert-OH is 2. The van der Waals surface area contributed by atoms with Gasteiger partial charge in [-0.15, -0.1) is 0 Å². The van der Waals surface area contributed by atoms with Gasteiger partial charge in [-0.25, -0.2) is 0 Å². The lowest BCUT2D eigenvalue weighted by atomic mass is 9.55. The van der Waals surface area contributed by atoms with Crippen LogP contribution in [0.15, 0.2) is 72.3 Å². The number of rotatable bonds is 19. The molecule has 0 amide bonds. The van der Waals surface area contributed by atoms with Gasteiger partial charge in [-0.3, -0.25) is 0 Å². The van der Waals surface area contributed by atoms with Crippen molar-refractivity contribution >= 4 is 0 Å². The maximum Gasteiger partial charge on any atom is 0.0436 e. The Morgan fingerprint density at radius 2 is 1.11 bits per heavy atom. The van der Waals surface area contributed by atoms with Crippen molar-refractivity contribution < 1.29 is 10.2 Å². The maximum atomic E-state index is 9.93. The zero-order valence-electron chi connectivity index (χ0n) is 32.3. The molecule has 2 rings (SSSR count). The highest BCUT2D eigenvalue weighted by Crippen LogP contribution is 2.56. The summed E-state index contributed by atoms with van der Waals surface area (Å²) >= 11 is 0. The molecule has 0 aliphatic rings. The molecule has 0 radical (unpaired) electrons. The molecule has 0 fully saturated rings. The van der Waals surface area contributed by atoms with E-state index >= 15 is 0 Å². The molecular weight excluding hydrogens is 560 g/mol. The first-order valence-electron chi connectivity index (χ1n) is 18.1. The molecule has 0 heterocycles. The Balaban J connectivity index is 2.32. The van der Waals surface area contributed by atoms with Gasteiger partial charge in [0, 0.05) is 13.2 Å². The van der Waals surface area contributed by atoms with Crippen LogP contribution < -0.4 is 0 Å². The lowest BCUT2D eigenvalue weighted by Crippen LogP contribution is -2.40. The molecule has 2 aromatic rings. The smallest absolute Gasteiger partial charge is 0.0436 e.